The Morgan fingerprint density at radius 2 is 2.11 bits per heavy atom. The van der Waals surface area contributed by atoms with Crippen molar-refractivity contribution >= 4 is 34.3 Å². The number of methoxy groups -OCH3 is 1. The van der Waals surface area contributed by atoms with Crippen LogP contribution in [0.1, 0.15) is 32.2 Å². The first-order valence-electron chi connectivity index (χ1n) is 11.8. The molecule has 0 radical (unpaired) electrons. The number of anilines is 2. The van der Waals surface area contributed by atoms with Crippen LogP contribution < -0.4 is 5.32 Å². The second-order valence-electron chi connectivity index (χ2n) is 8.80. The van der Waals surface area contributed by atoms with Gasteiger partial charge in [-0.3, -0.25) is 9.48 Å². The molecule has 5 aromatic rings. The zero-order valence-corrected chi connectivity index (χ0v) is 20.5. The number of esters is 1. The molecule has 192 valence electrons. The number of rotatable bonds is 6. The molecule has 0 fully saturated rings. The highest BCUT2D eigenvalue weighted by molar-refractivity contribution is 6.09. The Bertz CT molecular complexity index is 1690. The number of hydrogen-bond acceptors (Lipinski definition) is 8. The molecule has 0 amide bonds. The van der Waals surface area contributed by atoms with E-state index < -0.39 is 11.8 Å². The molecule has 0 saturated carbocycles. The number of nitrogens with zero attached hydrogens (tertiary/aromatic N) is 5. The molecule has 0 aliphatic carbocycles. The number of hydrogen-bond donors (Lipinski definition) is 2. The molecule has 38 heavy (non-hydrogen) atoms. The number of H-pyrrole nitrogens is 1. The zero-order chi connectivity index (χ0) is 26.4. The van der Waals surface area contributed by atoms with Crippen LogP contribution >= 0.6 is 0 Å². The van der Waals surface area contributed by atoms with E-state index in [1.54, 1.807) is 42.3 Å². The summed E-state index contributed by atoms with van der Waals surface area (Å²) in [5, 5.41) is 7.90. The number of halogens is 1. The third-order valence-electron chi connectivity index (χ3n) is 6.35. The van der Waals surface area contributed by atoms with Gasteiger partial charge in [0.05, 0.1) is 24.8 Å². The lowest BCUT2D eigenvalue weighted by Crippen LogP contribution is -2.15. The highest BCUT2D eigenvalue weighted by Gasteiger charge is 2.22. The van der Waals surface area contributed by atoms with Crippen LogP contribution in [-0.4, -0.2) is 54.8 Å². The lowest BCUT2D eigenvalue weighted by molar-refractivity contribution is 0.0602. The number of ether oxygens (including phenoxy) is 2. The second kappa shape index (κ2) is 9.23. The van der Waals surface area contributed by atoms with Crippen molar-refractivity contribution in [1.82, 2.24) is 29.3 Å². The minimum absolute atomic E-state index is 0.174. The molecule has 1 aliphatic rings. The molecule has 6 rings (SSSR count). The molecule has 12 heteroatoms. The number of aryl methyl sites for hydroxylation is 1. The summed E-state index contributed by atoms with van der Waals surface area (Å²) in [6, 6.07) is 7.67. The van der Waals surface area contributed by atoms with Crippen molar-refractivity contribution in [2.45, 2.75) is 13.2 Å². The molecule has 0 saturated heterocycles. The van der Waals surface area contributed by atoms with Crippen LogP contribution in [0.2, 0.25) is 0 Å². The summed E-state index contributed by atoms with van der Waals surface area (Å²) < 4.78 is 29.2. The van der Waals surface area contributed by atoms with Crippen LogP contribution in [0.4, 0.5) is 16.0 Å². The topological polar surface area (TPSA) is 129 Å². The van der Waals surface area contributed by atoms with Gasteiger partial charge in [0.1, 0.15) is 23.9 Å². The standard InChI is InChI=1S/C26H22FN7O4/c1-33-6-5-21(32-33)31-25-23-16(17(11-28-25)26(36)37-2)10-19(30-23)15-4-3-14(9-18(15)27)24(35)20-12-34-7-8-38-13-22(34)29-20/h3-6,9-12,30H,7-8,13H2,1-2H3,(H,28,31,32). The molecule has 11 nitrogen and oxygen atoms in total. The van der Waals surface area contributed by atoms with Crippen LogP contribution in [0, 0.1) is 5.82 Å². The summed E-state index contributed by atoms with van der Waals surface area (Å²) in [6.07, 6.45) is 4.83. The van der Waals surface area contributed by atoms with Gasteiger partial charge < -0.3 is 24.3 Å². The van der Waals surface area contributed by atoms with Gasteiger partial charge in [-0.25, -0.2) is 19.2 Å². The Kier molecular flexibility index (Phi) is 5.72. The zero-order valence-electron chi connectivity index (χ0n) is 20.5. The number of benzene rings is 1. The number of fused-ring (bicyclic) bond motifs is 2. The first-order chi connectivity index (χ1) is 18.4. The van der Waals surface area contributed by atoms with E-state index in [1.165, 1.54) is 25.4 Å². The molecule has 0 atom stereocenters. The molecule has 1 aliphatic heterocycles. The Hall–Kier alpha value is -4.84. The molecular weight excluding hydrogens is 493 g/mol. The average molecular weight is 516 g/mol. The molecule has 0 unspecified atom stereocenters. The largest absolute Gasteiger partial charge is 0.465 e. The smallest absolute Gasteiger partial charge is 0.340 e. The lowest BCUT2D eigenvalue weighted by atomic mass is 10.0. The van der Waals surface area contributed by atoms with Gasteiger partial charge in [0.15, 0.2) is 11.6 Å². The molecule has 0 spiro atoms. The van der Waals surface area contributed by atoms with Gasteiger partial charge in [-0.1, -0.05) is 6.07 Å². The fraction of sp³-hybridized carbons (Fsp3) is 0.192. The summed E-state index contributed by atoms with van der Waals surface area (Å²) in [4.78, 5) is 37.3. The Balaban J connectivity index is 1.37. The number of carbonyl (C=O) groups is 2. The Morgan fingerprint density at radius 1 is 1.24 bits per heavy atom. The monoisotopic (exact) mass is 515 g/mol. The maximum atomic E-state index is 15.4. The normalized spacial score (nSPS) is 12.9. The third kappa shape index (κ3) is 4.10. The summed E-state index contributed by atoms with van der Waals surface area (Å²) in [7, 11) is 3.06. The Labute approximate surface area is 215 Å². The third-order valence-corrected chi connectivity index (χ3v) is 6.35. The maximum Gasteiger partial charge on any atom is 0.340 e. The van der Waals surface area contributed by atoms with E-state index in [-0.39, 0.29) is 28.2 Å². The van der Waals surface area contributed by atoms with Gasteiger partial charge in [0, 0.05) is 60.5 Å². The fourth-order valence-corrected chi connectivity index (χ4v) is 4.45. The highest BCUT2D eigenvalue weighted by Crippen LogP contribution is 2.33. The Morgan fingerprint density at radius 3 is 2.84 bits per heavy atom. The molecule has 2 N–H and O–H groups in total. The molecule has 1 aromatic carbocycles. The van der Waals surface area contributed by atoms with Crippen molar-refractivity contribution < 1.29 is 23.5 Å². The summed E-state index contributed by atoms with van der Waals surface area (Å²) >= 11 is 0. The number of carbonyl (C=O) groups excluding carboxylic acids is 2. The number of nitrogens with one attached hydrogen (secondary N) is 2. The van der Waals surface area contributed by atoms with E-state index in [9.17, 15) is 9.59 Å². The number of imidazole rings is 1. The highest BCUT2D eigenvalue weighted by atomic mass is 19.1. The van der Waals surface area contributed by atoms with E-state index in [1.807, 2.05) is 4.57 Å². The molecule has 0 bridgehead atoms. The van der Waals surface area contributed by atoms with E-state index in [4.69, 9.17) is 9.47 Å². The van der Waals surface area contributed by atoms with E-state index >= 15 is 4.39 Å². The minimum Gasteiger partial charge on any atom is -0.465 e. The number of aromatic amines is 1. The summed E-state index contributed by atoms with van der Waals surface area (Å²) in [5.41, 5.74) is 1.72. The van der Waals surface area contributed by atoms with Gasteiger partial charge in [0.25, 0.3) is 0 Å². The van der Waals surface area contributed by atoms with E-state index in [2.05, 4.69) is 25.4 Å². The number of ketones is 1. The van der Waals surface area contributed by atoms with Crippen LogP contribution in [0.25, 0.3) is 22.2 Å². The van der Waals surface area contributed by atoms with Gasteiger partial charge in [0.2, 0.25) is 5.78 Å². The van der Waals surface area contributed by atoms with Gasteiger partial charge in [-0.05, 0) is 18.2 Å². The predicted octanol–water partition coefficient (Wildman–Crippen LogP) is 3.59. The van der Waals surface area contributed by atoms with Gasteiger partial charge >= 0.3 is 5.97 Å². The second-order valence-corrected chi connectivity index (χ2v) is 8.80. The average Bonchev–Trinajstić information content (AvgIpc) is 3.66. The van der Waals surface area contributed by atoms with E-state index in [0.29, 0.717) is 53.8 Å². The van der Waals surface area contributed by atoms with Crippen molar-refractivity contribution in [3.05, 3.63) is 77.4 Å². The number of pyridine rings is 1. The summed E-state index contributed by atoms with van der Waals surface area (Å²) in [5.74, 6) is 0.0452. The van der Waals surface area contributed by atoms with Crippen LogP contribution in [-0.2, 0) is 29.7 Å². The van der Waals surface area contributed by atoms with Crippen LogP contribution in [0.15, 0.2) is 48.9 Å². The fourth-order valence-electron chi connectivity index (χ4n) is 4.45. The van der Waals surface area contributed by atoms with Crippen molar-refractivity contribution in [2.24, 2.45) is 7.05 Å². The van der Waals surface area contributed by atoms with Crippen molar-refractivity contribution in [2.75, 3.05) is 19.0 Å². The lowest BCUT2D eigenvalue weighted by Gasteiger charge is -2.13. The van der Waals surface area contributed by atoms with Crippen molar-refractivity contribution in [1.29, 1.82) is 0 Å². The molecular formula is C26H22FN7O4. The van der Waals surface area contributed by atoms with Gasteiger partial charge in [-0.15, -0.1) is 0 Å². The minimum atomic E-state index is -0.610. The van der Waals surface area contributed by atoms with Crippen molar-refractivity contribution in [3.8, 4) is 11.3 Å². The number of aromatic nitrogens is 6. The van der Waals surface area contributed by atoms with E-state index in [0.717, 1.165) is 0 Å². The molecule has 5 heterocycles. The van der Waals surface area contributed by atoms with Crippen molar-refractivity contribution in [3.63, 3.8) is 0 Å². The first kappa shape index (κ1) is 23.6. The molecule has 4 aromatic heterocycles. The quantitative estimate of drug-likeness (QED) is 0.259. The summed E-state index contributed by atoms with van der Waals surface area (Å²) in [6.45, 7) is 1.50. The maximum absolute atomic E-state index is 15.4. The van der Waals surface area contributed by atoms with Gasteiger partial charge in [-0.2, -0.15) is 5.10 Å². The SMILES string of the molecule is COC(=O)c1cnc(Nc2ccn(C)n2)c2[nH]c(-c3ccc(C(=O)c4cn5c(n4)COCC5)cc3F)cc12. The first-order valence-corrected chi connectivity index (χ1v) is 11.8. The predicted molar refractivity (Wildman–Crippen MR) is 135 cm³/mol. The van der Waals surface area contributed by atoms with Crippen LogP contribution in [0.3, 0.4) is 0 Å². The van der Waals surface area contributed by atoms with Crippen LogP contribution in [0.5, 0.6) is 0 Å².